The van der Waals surface area contributed by atoms with E-state index < -0.39 is 27.3 Å². The van der Waals surface area contributed by atoms with E-state index in [9.17, 15) is 26.4 Å². The van der Waals surface area contributed by atoms with Gasteiger partial charge in [-0.05, 0) is 18.2 Å². The van der Waals surface area contributed by atoms with Crippen LogP contribution in [-0.4, -0.2) is 53.9 Å². The van der Waals surface area contributed by atoms with Crippen molar-refractivity contribution < 1.29 is 21.6 Å². The summed E-state index contributed by atoms with van der Waals surface area (Å²) in [5, 5.41) is -0.374. The number of benzene rings is 1. The van der Waals surface area contributed by atoms with E-state index in [1.54, 1.807) is 6.20 Å². The molecule has 1 fully saturated rings. The van der Waals surface area contributed by atoms with Gasteiger partial charge in [-0.3, -0.25) is 9.78 Å². The predicted molar refractivity (Wildman–Crippen MR) is 103 cm³/mol. The van der Waals surface area contributed by atoms with Crippen LogP contribution in [0.4, 0.5) is 19.0 Å². The molecular formula is C18H16F3N5O3S. The lowest BCUT2D eigenvalue weighted by molar-refractivity contribution is -0.136. The molecule has 3 heterocycles. The van der Waals surface area contributed by atoms with Crippen molar-refractivity contribution in [3.8, 4) is 0 Å². The van der Waals surface area contributed by atoms with Crippen molar-refractivity contribution in [2.45, 2.75) is 11.1 Å². The minimum Gasteiger partial charge on any atom is -0.353 e. The number of aromatic amines is 1. The third-order valence-electron chi connectivity index (χ3n) is 4.87. The van der Waals surface area contributed by atoms with Gasteiger partial charge in [0, 0.05) is 55.5 Å². The summed E-state index contributed by atoms with van der Waals surface area (Å²) in [7, 11) is -4.02. The first-order chi connectivity index (χ1) is 14.2. The molecule has 1 aromatic carbocycles. The Labute approximate surface area is 169 Å². The van der Waals surface area contributed by atoms with Gasteiger partial charge in [-0.2, -0.15) is 17.5 Å². The van der Waals surface area contributed by atoms with Crippen molar-refractivity contribution in [3.63, 3.8) is 0 Å². The average Bonchev–Trinajstić information content (AvgIpc) is 2.73. The average molecular weight is 439 g/mol. The van der Waals surface area contributed by atoms with Crippen LogP contribution in [0.25, 0.3) is 10.9 Å². The highest BCUT2D eigenvalue weighted by molar-refractivity contribution is 7.89. The minimum atomic E-state index is -4.79. The normalized spacial score (nSPS) is 16.2. The Kier molecular flexibility index (Phi) is 4.98. The molecule has 12 heteroatoms. The minimum absolute atomic E-state index is 0.0822. The van der Waals surface area contributed by atoms with Crippen molar-refractivity contribution in [3.05, 3.63) is 58.8 Å². The molecule has 0 bridgehead atoms. The zero-order valence-corrected chi connectivity index (χ0v) is 16.2. The second kappa shape index (κ2) is 7.36. The maximum Gasteiger partial charge on any atom is 0.417 e. The molecule has 0 unspecified atom stereocenters. The molecule has 0 saturated carbocycles. The standard InChI is InChI=1S/C18H16F3N5O3S/c19-18(20,21)14-10-17(27)24-15-2-1-12(9-13(14)15)30(28,29)26-7-5-25(6-8-26)16-11-22-3-4-23-16/h1-4,9-11H,5-8H2,(H,24,27). The molecule has 158 valence electrons. The van der Waals surface area contributed by atoms with Gasteiger partial charge in [0.05, 0.1) is 16.7 Å². The molecule has 0 aliphatic carbocycles. The fourth-order valence-corrected chi connectivity index (χ4v) is 4.84. The molecule has 0 radical (unpaired) electrons. The number of anilines is 1. The predicted octanol–water partition coefficient (Wildman–Crippen LogP) is 1.85. The largest absolute Gasteiger partial charge is 0.417 e. The van der Waals surface area contributed by atoms with Crippen molar-refractivity contribution >= 4 is 26.7 Å². The van der Waals surface area contributed by atoms with Crippen molar-refractivity contribution in [1.82, 2.24) is 19.3 Å². The number of piperazine rings is 1. The van der Waals surface area contributed by atoms with Gasteiger partial charge in [-0.15, -0.1) is 0 Å². The Bertz CT molecular complexity index is 1240. The number of sulfonamides is 1. The quantitative estimate of drug-likeness (QED) is 0.669. The van der Waals surface area contributed by atoms with Crippen molar-refractivity contribution in [2.75, 3.05) is 31.1 Å². The number of nitrogens with zero attached hydrogens (tertiary/aromatic N) is 4. The molecule has 0 amide bonds. The third-order valence-corrected chi connectivity index (χ3v) is 6.76. The third kappa shape index (κ3) is 3.75. The van der Waals surface area contributed by atoms with E-state index in [0.29, 0.717) is 25.0 Å². The maximum atomic E-state index is 13.4. The number of rotatable bonds is 3. The first-order valence-corrected chi connectivity index (χ1v) is 10.4. The van der Waals surface area contributed by atoms with Crippen LogP contribution in [0, 0.1) is 0 Å². The Morgan fingerprint density at radius 2 is 1.77 bits per heavy atom. The molecule has 0 spiro atoms. The van der Waals surface area contributed by atoms with Gasteiger partial charge in [0.2, 0.25) is 15.6 Å². The van der Waals surface area contributed by atoms with Gasteiger partial charge in [0.15, 0.2) is 0 Å². The summed E-state index contributed by atoms with van der Waals surface area (Å²) in [5.74, 6) is 0.624. The lowest BCUT2D eigenvalue weighted by Gasteiger charge is -2.34. The summed E-state index contributed by atoms with van der Waals surface area (Å²) in [5.41, 5.74) is -2.17. The van der Waals surface area contributed by atoms with Crippen LogP contribution in [0.1, 0.15) is 5.56 Å². The number of halogens is 3. The fraction of sp³-hybridized carbons (Fsp3) is 0.278. The molecule has 30 heavy (non-hydrogen) atoms. The lowest BCUT2D eigenvalue weighted by atomic mass is 10.1. The number of hydrogen-bond acceptors (Lipinski definition) is 6. The highest BCUT2D eigenvalue weighted by Crippen LogP contribution is 2.34. The van der Waals surface area contributed by atoms with Crippen LogP contribution in [-0.2, 0) is 16.2 Å². The lowest BCUT2D eigenvalue weighted by Crippen LogP contribution is -2.48. The zero-order valence-electron chi connectivity index (χ0n) is 15.4. The Balaban J connectivity index is 1.65. The van der Waals surface area contributed by atoms with Crippen molar-refractivity contribution in [1.29, 1.82) is 0 Å². The SMILES string of the molecule is O=c1cc(C(F)(F)F)c2cc(S(=O)(=O)N3CCN(c4cnccn4)CC3)ccc2[nH]1. The number of hydrogen-bond donors (Lipinski definition) is 1. The zero-order chi connectivity index (χ0) is 21.5. The number of fused-ring (bicyclic) bond motifs is 1. The van der Waals surface area contributed by atoms with Crippen LogP contribution in [0.2, 0.25) is 0 Å². The van der Waals surface area contributed by atoms with E-state index in [-0.39, 0.29) is 28.9 Å². The molecular weight excluding hydrogens is 423 g/mol. The molecule has 3 aromatic rings. The fourth-order valence-electron chi connectivity index (χ4n) is 3.39. The number of pyridine rings is 1. The summed E-state index contributed by atoms with van der Waals surface area (Å²) >= 11 is 0. The molecule has 8 nitrogen and oxygen atoms in total. The van der Waals surface area contributed by atoms with Crippen molar-refractivity contribution in [2.24, 2.45) is 0 Å². The van der Waals surface area contributed by atoms with Crippen LogP contribution in [0.3, 0.4) is 0 Å². The van der Waals surface area contributed by atoms with Gasteiger partial charge in [-0.1, -0.05) is 0 Å². The topological polar surface area (TPSA) is 99.3 Å². The number of H-pyrrole nitrogens is 1. The number of nitrogens with one attached hydrogen (secondary N) is 1. The van der Waals surface area contributed by atoms with E-state index in [2.05, 4.69) is 15.0 Å². The van der Waals surface area contributed by atoms with Crippen LogP contribution >= 0.6 is 0 Å². The van der Waals surface area contributed by atoms with E-state index in [4.69, 9.17) is 0 Å². The molecule has 4 rings (SSSR count). The molecule has 1 aliphatic heterocycles. The van der Waals surface area contributed by atoms with Crippen LogP contribution < -0.4 is 10.5 Å². The smallest absolute Gasteiger partial charge is 0.353 e. The molecule has 2 aromatic heterocycles. The molecule has 1 aliphatic rings. The van der Waals surface area contributed by atoms with Gasteiger partial charge in [-0.25, -0.2) is 13.4 Å². The van der Waals surface area contributed by atoms with Crippen LogP contribution in [0.5, 0.6) is 0 Å². The Morgan fingerprint density at radius 3 is 2.40 bits per heavy atom. The monoisotopic (exact) mass is 439 g/mol. The summed E-state index contributed by atoms with van der Waals surface area (Å²) < 4.78 is 67.3. The maximum absolute atomic E-state index is 13.4. The van der Waals surface area contributed by atoms with Crippen LogP contribution in [0.15, 0.2) is 52.5 Å². The second-order valence-electron chi connectivity index (χ2n) is 6.71. The van der Waals surface area contributed by atoms with E-state index in [1.807, 2.05) is 4.90 Å². The number of aromatic nitrogens is 3. The highest BCUT2D eigenvalue weighted by Gasteiger charge is 2.34. The van der Waals surface area contributed by atoms with Gasteiger partial charge in [0.1, 0.15) is 5.82 Å². The summed E-state index contributed by atoms with van der Waals surface area (Å²) in [6.45, 7) is 1.03. The molecule has 0 atom stereocenters. The summed E-state index contributed by atoms with van der Waals surface area (Å²) in [6.07, 6.45) is -0.146. The summed E-state index contributed by atoms with van der Waals surface area (Å²) in [6, 6.07) is 3.76. The van der Waals surface area contributed by atoms with Gasteiger partial charge in [0.25, 0.3) is 0 Å². The van der Waals surface area contributed by atoms with E-state index in [0.717, 1.165) is 6.07 Å². The molecule has 1 saturated heterocycles. The Hall–Kier alpha value is -2.99. The molecule has 1 N–H and O–H groups in total. The van der Waals surface area contributed by atoms with E-state index in [1.165, 1.54) is 28.8 Å². The first kappa shape index (κ1) is 20.3. The Morgan fingerprint density at radius 1 is 1.03 bits per heavy atom. The van der Waals surface area contributed by atoms with Gasteiger partial charge >= 0.3 is 6.18 Å². The van der Waals surface area contributed by atoms with E-state index >= 15 is 0 Å². The second-order valence-corrected chi connectivity index (χ2v) is 8.65. The summed E-state index contributed by atoms with van der Waals surface area (Å²) in [4.78, 5) is 23.6. The highest BCUT2D eigenvalue weighted by atomic mass is 32.2. The first-order valence-electron chi connectivity index (χ1n) is 8.92. The number of alkyl halides is 3. The van der Waals surface area contributed by atoms with Gasteiger partial charge < -0.3 is 9.88 Å².